The van der Waals surface area contributed by atoms with Gasteiger partial charge in [0, 0.05) is 23.8 Å². The third-order valence-electron chi connectivity index (χ3n) is 2.68. The van der Waals surface area contributed by atoms with Crippen LogP contribution in [-0.4, -0.2) is 30.9 Å². The van der Waals surface area contributed by atoms with Gasteiger partial charge < -0.3 is 5.73 Å². The summed E-state index contributed by atoms with van der Waals surface area (Å²) >= 11 is 1.56. The number of thiazole rings is 1. The Morgan fingerprint density at radius 3 is 3.00 bits per heavy atom. The Bertz CT molecular complexity index is 465. The zero-order valence-electron chi connectivity index (χ0n) is 9.22. The van der Waals surface area contributed by atoms with Crippen LogP contribution in [-0.2, 0) is 16.3 Å². The molecule has 2 rings (SSSR count). The first-order valence-electron chi connectivity index (χ1n) is 5.36. The predicted octanol–water partition coefficient (Wildman–Crippen LogP) is 0.935. The molecule has 1 aliphatic heterocycles. The van der Waals surface area contributed by atoms with Gasteiger partial charge in [-0.05, 0) is 13.3 Å². The van der Waals surface area contributed by atoms with Gasteiger partial charge >= 0.3 is 0 Å². The molecule has 16 heavy (non-hydrogen) atoms. The SMILES string of the molecule is CC(N)Cc1csc(C2CCS(=O)(=O)C2)n1. The Kier molecular flexibility index (Phi) is 3.32. The molecule has 0 saturated carbocycles. The Balaban J connectivity index is 2.08. The van der Waals surface area contributed by atoms with E-state index in [9.17, 15) is 8.42 Å². The van der Waals surface area contributed by atoms with Crippen LogP contribution in [0.1, 0.15) is 30.0 Å². The molecule has 0 spiro atoms. The lowest BCUT2D eigenvalue weighted by Gasteiger charge is -2.02. The number of hydrogen-bond acceptors (Lipinski definition) is 5. The van der Waals surface area contributed by atoms with Crippen molar-refractivity contribution >= 4 is 21.2 Å². The summed E-state index contributed by atoms with van der Waals surface area (Å²) in [6, 6.07) is 0.0993. The van der Waals surface area contributed by atoms with E-state index in [1.165, 1.54) is 0 Å². The van der Waals surface area contributed by atoms with Gasteiger partial charge in [0.15, 0.2) is 9.84 Å². The molecule has 0 aliphatic carbocycles. The zero-order valence-corrected chi connectivity index (χ0v) is 10.9. The number of nitrogens with zero attached hydrogens (tertiary/aromatic N) is 1. The predicted molar refractivity (Wildman–Crippen MR) is 65.5 cm³/mol. The maximum absolute atomic E-state index is 11.4. The summed E-state index contributed by atoms with van der Waals surface area (Å²) in [6.45, 7) is 1.94. The number of nitrogens with two attached hydrogens (primary N) is 1. The lowest BCUT2D eigenvalue weighted by molar-refractivity contribution is 0.601. The first-order valence-corrected chi connectivity index (χ1v) is 8.07. The molecule has 1 aromatic rings. The van der Waals surface area contributed by atoms with Gasteiger partial charge in [-0.15, -0.1) is 11.3 Å². The molecule has 1 aromatic heterocycles. The van der Waals surface area contributed by atoms with E-state index < -0.39 is 9.84 Å². The molecule has 1 aliphatic rings. The highest BCUT2D eigenvalue weighted by molar-refractivity contribution is 7.91. The molecule has 2 N–H and O–H groups in total. The van der Waals surface area contributed by atoms with Crippen LogP contribution in [0.2, 0.25) is 0 Å². The lowest BCUT2D eigenvalue weighted by atomic mass is 10.1. The van der Waals surface area contributed by atoms with E-state index in [1.807, 2.05) is 12.3 Å². The van der Waals surface area contributed by atoms with Crippen molar-refractivity contribution in [2.24, 2.45) is 5.73 Å². The van der Waals surface area contributed by atoms with E-state index in [1.54, 1.807) is 11.3 Å². The Labute approximate surface area is 99.8 Å². The van der Waals surface area contributed by atoms with Crippen molar-refractivity contribution in [2.45, 2.75) is 31.7 Å². The van der Waals surface area contributed by atoms with E-state index in [-0.39, 0.29) is 17.7 Å². The summed E-state index contributed by atoms with van der Waals surface area (Å²) in [7, 11) is -2.82. The van der Waals surface area contributed by atoms with Crippen LogP contribution in [0, 0.1) is 0 Å². The summed E-state index contributed by atoms with van der Waals surface area (Å²) < 4.78 is 22.7. The van der Waals surface area contributed by atoms with Crippen LogP contribution in [0.5, 0.6) is 0 Å². The highest BCUT2D eigenvalue weighted by Crippen LogP contribution is 2.30. The summed E-state index contributed by atoms with van der Waals surface area (Å²) in [5.74, 6) is 0.676. The molecule has 0 aromatic carbocycles. The molecule has 2 unspecified atom stereocenters. The fourth-order valence-electron chi connectivity index (χ4n) is 1.92. The second-order valence-electron chi connectivity index (χ2n) is 4.46. The van der Waals surface area contributed by atoms with Gasteiger partial charge in [0.2, 0.25) is 0 Å². The Morgan fingerprint density at radius 1 is 1.69 bits per heavy atom. The molecule has 90 valence electrons. The monoisotopic (exact) mass is 260 g/mol. The van der Waals surface area contributed by atoms with Crippen LogP contribution in [0.4, 0.5) is 0 Å². The van der Waals surface area contributed by atoms with Gasteiger partial charge in [0.25, 0.3) is 0 Å². The van der Waals surface area contributed by atoms with Crippen molar-refractivity contribution in [3.05, 3.63) is 16.1 Å². The second-order valence-corrected chi connectivity index (χ2v) is 7.58. The van der Waals surface area contributed by atoms with E-state index in [2.05, 4.69) is 4.98 Å². The molecule has 2 heterocycles. The average molecular weight is 260 g/mol. The minimum Gasteiger partial charge on any atom is -0.328 e. The minimum atomic E-state index is -2.82. The van der Waals surface area contributed by atoms with Crippen molar-refractivity contribution in [3.63, 3.8) is 0 Å². The van der Waals surface area contributed by atoms with E-state index in [0.717, 1.165) is 17.1 Å². The molecule has 0 amide bonds. The number of rotatable bonds is 3. The van der Waals surface area contributed by atoms with Crippen molar-refractivity contribution in [1.82, 2.24) is 4.98 Å². The number of aromatic nitrogens is 1. The average Bonchev–Trinajstić information content (AvgIpc) is 2.71. The first kappa shape index (κ1) is 12.0. The molecular weight excluding hydrogens is 244 g/mol. The quantitative estimate of drug-likeness (QED) is 0.877. The first-order chi connectivity index (χ1) is 7.46. The van der Waals surface area contributed by atoms with Crippen LogP contribution in [0.25, 0.3) is 0 Å². The van der Waals surface area contributed by atoms with Gasteiger partial charge in [-0.3, -0.25) is 0 Å². The number of hydrogen-bond donors (Lipinski definition) is 1. The van der Waals surface area contributed by atoms with E-state index in [4.69, 9.17) is 5.73 Å². The fraction of sp³-hybridized carbons (Fsp3) is 0.700. The van der Waals surface area contributed by atoms with Gasteiger partial charge in [0.1, 0.15) is 0 Å². The maximum atomic E-state index is 11.4. The molecule has 1 saturated heterocycles. The minimum absolute atomic E-state index is 0.0993. The molecule has 1 fully saturated rings. The fourth-order valence-corrected chi connectivity index (χ4v) is 4.75. The highest BCUT2D eigenvalue weighted by atomic mass is 32.2. The standard InChI is InChI=1S/C10H16N2O2S2/c1-7(11)4-9-5-15-10(12-9)8-2-3-16(13,14)6-8/h5,7-8H,2-4,6,11H2,1H3. The van der Waals surface area contributed by atoms with E-state index in [0.29, 0.717) is 12.2 Å². The summed E-state index contributed by atoms with van der Waals surface area (Å²) in [4.78, 5) is 4.47. The van der Waals surface area contributed by atoms with Gasteiger partial charge in [0.05, 0.1) is 22.2 Å². The molecule has 2 atom stereocenters. The maximum Gasteiger partial charge on any atom is 0.151 e. The third-order valence-corrected chi connectivity index (χ3v) is 5.51. The number of sulfone groups is 1. The van der Waals surface area contributed by atoms with Crippen LogP contribution >= 0.6 is 11.3 Å². The largest absolute Gasteiger partial charge is 0.328 e. The summed E-state index contributed by atoms with van der Waals surface area (Å²) in [5.41, 5.74) is 6.68. The van der Waals surface area contributed by atoms with Gasteiger partial charge in [-0.2, -0.15) is 0 Å². The van der Waals surface area contributed by atoms with Crippen LogP contribution in [0.15, 0.2) is 5.38 Å². The van der Waals surface area contributed by atoms with Gasteiger partial charge in [-0.25, -0.2) is 13.4 Å². The third kappa shape index (κ3) is 2.81. The molecule has 0 bridgehead atoms. The lowest BCUT2D eigenvalue weighted by Crippen LogP contribution is -2.18. The molecule has 4 nitrogen and oxygen atoms in total. The topological polar surface area (TPSA) is 73.1 Å². The van der Waals surface area contributed by atoms with E-state index >= 15 is 0 Å². The zero-order chi connectivity index (χ0) is 11.8. The van der Waals surface area contributed by atoms with Crippen molar-refractivity contribution in [2.75, 3.05) is 11.5 Å². The Morgan fingerprint density at radius 2 is 2.44 bits per heavy atom. The molecule has 6 heteroatoms. The van der Waals surface area contributed by atoms with Gasteiger partial charge in [-0.1, -0.05) is 0 Å². The normalized spacial score (nSPS) is 25.8. The summed E-state index contributed by atoms with van der Waals surface area (Å²) in [6.07, 6.45) is 1.48. The highest BCUT2D eigenvalue weighted by Gasteiger charge is 2.30. The molecular formula is C10H16N2O2S2. The Hall–Kier alpha value is -0.460. The molecule has 0 radical (unpaired) electrons. The van der Waals surface area contributed by atoms with Crippen LogP contribution < -0.4 is 5.73 Å². The smallest absolute Gasteiger partial charge is 0.151 e. The van der Waals surface area contributed by atoms with Crippen molar-refractivity contribution in [3.8, 4) is 0 Å². The summed E-state index contributed by atoms with van der Waals surface area (Å²) in [5, 5.41) is 2.95. The van der Waals surface area contributed by atoms with Crippen molar-refractivity contribution < 1.29 is 8.42 Å². The second kappa shape index (κ2) is 4.43. The van der Waals surface area contributed by atoms with Crippen LogP contribution in [0.3, 0.4) is 0 Å². The van der Waals surface area contributed by atoms with Crippen molar-refractivity contribution in [1.29, 1.82) is 0 Å².